The lowest BCUT2D eigenvalue weighted by molar-refractivity contribution is -0.789. The second kappa shape index (κ2) is 5.55. The molecule has 3 nitrogen and oxygen atoms in total. The van der Waals surface area contributed by atoms with Gasteiger partial charge in [-0.25, -0.2) is 4.79 Å². The first-order chi connectivity index (χ1) is 7.41. The summed E-state index contributed by atoms with van der Waals surface area (Å²) in [7, 11) is 0. The summed E-state index contributed by atoms with van der Waals surface area (Å²) in [6.45, 7) is 8.83. The average molecular weight is 578 g/mol. The molecule has 0 saturated carbocycles. The van der Waals surface area contributed by atoms with E-state index in [1.54, 1.807) is 0 Å². The maximum Gasteiger partial charge on any atom is 0.342 e. The quantitative estimate of drug-likeness (QED) is 0.312. The molecule has 0 unspecified atom stereocenters. The van der Waals surface area contributed by atoms with E-state index in [0.29, 0.717) is 0 Å². The monoisotopic (exact) mass is 578 g/mol. The molecule has 0 aromatic rings. The molecule has 1 heterocycles. The van der Waals surface area contributed by atoms with Crippen molar-refractivity contribution in [3.8, 4) is 0 Å². The predicted molar refractivity (Wildman–Crippen MR) is 94.0 cm³/mol. The fourth-order valence-electron chi connectivity index (χ4n) is 2.72. The molecule has 100 valence electrons. The van der Waals surface area contributed by atoms with Crippen LogP contribution >= 0.6 is 67.8 Å². The minimum atomic E-state index is -0.497. The van der Waals surface area contributed by atoms with E-state index in [9.17, 15) is 4.79 Å². The van der Waals surface area contributed by atoms with E-state index in [4.69, 9.17) is 4.74 Å². The van der Waals surface area contributed by atoms with Crippen LogP contribution in [0.1, 0.15) is 40.5 Å². The first kappa shape index (κ1) is 16.7. The Morgan fingerprint density at radius 3 is 1.94 bits per heavy atom. The average Bonchev–Trinajstić information content (AvgIpc) is 1.94. The highest BCUT2D eigenvalue weighted by atomic mass is 127. The van der Waals surface area contributed by atoms with E-state index in [1.165, 1.54) is 0 Å². The van der Waals surface area contributed by atoms with Crippen LogP contribution in [0.3, 0.4) is 0 Å². The first-order valence-electron chi connectivity index (χ1n) is 5.56. The third-order valence-electron chi connectivity index (χ3n) is 2.79. The largest absolute Gasteiger partial charge is 0.460 e. The molecule has 0 spiro atoms. The smallest absolute Gasteiger partial charge is 0.342 e. The summed E-state index contributed by atoms with van der Waals surface area (Å²) < 4.78 is 5.15. The van der Waals surface area contributed by atoms with Gasteiger partial charge in [-0.15, -0.1) is 0 Å². The zero-order valence-corrected chi connectivity index (χ0v) is 17.0. The fourth-order valence-corrected chi connectivity index (χ4v) is 3.10. The summed E-state index contributed by atoms with van der Waals surface area (Å²) in [6, 6.07) is 0. The topological polar surface area (TPSA) is 42.9 Å². The maximum atomic E-state index is 11.9. The number of hydrogen-bond acceptors (Lipinski definition) is 2. The molecule has 0 atom stereocenters. The molecule has 1 aliphatic heterocycles. The third-order valence-corrected chi connectivity index (χ3v) is 4.12. The lowest BCUT2D eigenvalue weighted by Crippen LogP contribution is -3.06. The molecule has 0 aromatic heterocycles. The molecule has 0 aromatic carbocycles. The molecule has 2 N–H and O–H groups in total. The number of quaternary nitrogens is 1. The number of hydrogen-bond donors (Lipinski definition) is 1. The van der Waals surface area contributed by atoms with E-state index < -0.39 is -0.565 Å². The molecule has 1 fully saturated rings. The van der Waals surface area contributed by atoms with Gasteiger partial charge in [0.15, 0.2) is 0 Å². The van der Waals surface area contributed by atoms with Crippen molar-refractivity contribution >= 4 is 73.7 Å². The Morgan fingerprint density at radius 1 is 1.18 bits per heavy atom. The standard InChI is InChI=1S/C11H18I3NO2/c1-9(2)5-7(6-10(3,4)15-9)17-8(16)11(12,13)14/h7,15H,5-6H2,1-4H3/p+1. The summed E-state index contributed by atoms with van der Waals surface area (Å²) in [4.78, 5) is 11.9. The van der Waals surface area contributed by atoms with Crippen molar-refractivity contribution in [1.29, 1.82) is 0 Å². The van der Waals surface area contributed by atoms with Crippen LogP contribution in [0.4, 0.5) is 0 Å². The van der Waals surface area contributed by atoms with E-state index in [0.717, 1.165) is 12.8 Å². The van der Waals surface area contributed by atoms with E-state index in [-0.39, 0.29) is 23.2 Å². The Labute approximate surface area is 144 Å². The number of carbonyl (C=O) groups excluding carboxylic acids is 1. The van der Waals surface area contributed by atoms with Gasteiger partial charge in [-0.2, -0.15) is 0 Å². The number of ether oxygens (including phenoxy) is 1. The van der Waals surface area contributed by atoms with Gasteiger partial charge in [0.05, 0.1) is 11.1 Å². The Balaban J connectivity index is 2.70. The van der Waals surface area contributed by atoms with Crippen LogP contribution in [-0.4, -0.2) is 22.6 Å². The van der Waals surface area contributed by atoms with Crippen LogP contribution in [0.2, 0.25) is 0 Å². The van der Waals surface area contributed by atoms with Crippen molar-refractivity contribution in [2.24, 2.45) is 0 Å². The Morgan fingerprint density at radius 2 is 1.59 bits per heavy atom. The van der Waals surface area contributed by atoms with Crippen LogP contribution in [0.15, 0.2) is 0 Å². The molecule has 0 bridgehead atoms. The van der Waals surface area contributed by atoms with Gasteiger partial charge in [0.2, 0.25) is -0.565 Å². The van der Waals surface area contributed by atoms with Crippen LogP contribution < -0.4 is 5.32 Å². The van der Waals surface area contributed by atoms with Gasteiger partial charge in [-0.05, 0) is 95.5 Å². The van der Waals surface area contributed by atoms with Crippen molar-refractivity contribution in [3.63, 3.8) is 0 Å². The van der Waals surface area contributed by atoms with Crippen LogP contribution in [0.25, 0.3) is 0 Å². The number of halogens is 3. The normalized spacial score (nSPS) is 24.4. The van der Waals surface area contributed by atoms with E-state index in [2.05, 4.69) is 101 Å². The van der Waals surface area contributed by atoms with Crippen molar-refractivity contribution in [2.45, 2.75) is 57.2 Å². The van der Waals surface area contributed by atoms with Gasteiger partial charge in [0.25, 0.3) is 0 Å². The predicted octanol–water partition coefficient (Wildman–Crippen LogP) is 2.77. The third kappa shape index (κ3) is 5.64. The number of alkyl halides is 3. The van der Waals surface area contributed by atoms with E-state index in [1.807, 2.05) is 0 Å². The highest BCUT2D eigenvalue weighted by Crippen LogP contribution is 2.38. The second-order valence-corrected chi connectivity index (χ2v) is 17.1. The summed E-state index contributed by atoms with van der Waals surface area (Å²) in [5.74, 6) is -0.127. The van der Waals surface area contributed by atoms with Crippen LogP contribution in [0.5, 0.6) is 0 Å². The molecule has 1 aliphatic rings. The van der Waals surface area contributed by atoms with Gasteiger partial charge >= 0.3 is 5.97 Å². The number of piperidine rings is 1. The SMILES string of the molecule is CC1(C)CC(OC(=O)C(I)(I)I)CC(C)(C)[NH2+]1. The van der Waals surface area contributed by atoms with Crippen molar-refractivity contribution in [1.82, 2.24) is 0 Å². The molecular weight excluding hydrogens is 559 g/mol. The summed E-state index contributed by atoms with van der Waals surface area (Å²) in [6.07, 6.45) is 1.88. The van der Waals surface area contributed by atoms with Crippen molar-refractivity contribution in [3.05, 3.63) is 0 Å². The minimum absolute atomic E-state index is 0.0381. The second-order valence-electron chi connectivity index (χ2n) is 6.05. The Kier molecular flexibility index (Phi) is 5.44. The van der Waals surface area contributed by atoms with Gasteiger partial charge in [-0.1, -0.05) is 0 Å². The fraction of sp³-hybridized carbons (Fsp3) is 0.909. The summed E-state index contributed by atoms with van der Waals surface area (Å²) in [5, 5.41) is 2.38. The molecule has 1 rings (SSSR count). The molecule has 0 radical (unpaired) electrons. The van der Waals surface area contributed by atoms with Gasteiger partial charge in [0.1, 0.15) is 6.10 Å². The highest BCUT2D eigenvalue weighted by Gasteiger charge is 2.44. The highest BCUT2D eigenvalue weighted by molar-refractivity contribution is 14.3. The molecular formula is C11H19I3NO2+. The lowest BCUT2D eigenvalue weighted by Gasteiger charge is -2.42. The number of esters is 1. The number of rotatable bonds is 2. The first-order valence-corrected chi connectivity index (χ1v) is 8.80. The zero-order chi connectivity index (χ0) is 13.5. The maximum absolute atomic E-state index is 11.9. The van der Waals surface area contributed by atoms with Gasteiger partial charge in [-0.3, -0.25) is 0 Å². The van der Waals surface area contributed by atoms with Crippen molar-refractivity contribution < 1.29 is 14.8 Å². The van der Waals surface area contributed by atoms with Crippen LogP contribution in [-0.2, 0) is 9.53 Å². The van der Waals surface area contributed by atoms with E-state index >= 15 is 0 Å². The molecule has 17 heavy (non-hydrogen) atoms. The van der Waals surface area contributed by atoms with Crippen LogP contribution in [0, 0.1) is 0 Å². The molecule has 6 heteroatoms. The summed E-state index contributed by atoms with van der Waals surface area (Å²) in [5.41, 5.74) is 0.272. The molecule has 0 aliphatic carbocycles. The molecule has 1 saturated heterocycles. The summed E-state index contributed by atoms with van der Waals surface area (Å²) >= 11 is 6.32. The minimum Gasteiger partial charge on any atom is -0.460 e. The molecule has 0 amide bonds. The Hall–Kier alpha value is 1.62. The Bertz CT molecular complexity index is 294. The lowest BCUT2D eigenvalue weighted by atomic mass is 9.81. The van der Waals surface area contributed by atoms with Gasteiger partial charge in [0, 0.05) is 12.8 Å². The zero-order valence-electron chi connectivity index (χ0n) is 10.5. The van der Waals surface area contributed by atoms with Gasteiger partial charge < -0.3 is 10.1 Å². The van der Waals surface area contributed by atoms with Crippen molar-refractivity contribution in [2.75, 3.05) is 0 Å². The number of carbonyl (C=O) groups is 1. The number of nitrogens with two attached hydrogens (primary N) is 1.